The fourth-order valence-corrected chi connectivity index (χ4v) is 3.59. The highest BCUT2D eigenvalue weighted by Crippen LogP contribution is 2.29. The SMILES string of the molecule is Cc1cn2c(Nc3cc(C)[nH]n3)nc(-c3cccc(-c4ccncc4C)c3)cc2n1. The maximum Gasteiger partial charge on any atom is 0.215 e. The number of H-pyrrole nitrogens is 1. The van der Waals surface area contributed by atoms with E-state index in [9.17, 15) is 0 Å². The number of aryl methyl sites for hydroxylation is 3. The second kappa shape index (κ2) is 7.11. The molecule has 0 spiro atoms. The highest BCUT2D eigenvalue weighted by atomic mass is 15.3. The van der Waals surface area contributed by atoms with Crippen LogP contribution in [0.15, 0.2) is 61.1 Å². The lowest BCUT2D eigenvalue weighted by molar-refractivity contribution is 1.03. The van der Waals surface area contributed by atoms with Gasteiger partial charge in [0.25, 0.3) is 0 Å². The molecule has 1 aromatic carbocycles. The van der Waals surface area contributed by atoms with E-state index in [0.29, 0.717) is 11.8 Å². The number of aromatic amines is 1. The summed E-state index contributed by atoms with van der Waals surface area (Å²) in [5.41, 5.74) is 8.03. The van der Waals surface area contributed by atoms with Crippen LogP contribution >= 0.6 is 0 Å². The minimum atomic E-state index is 0.667. The van der Waals surface area contributed by atoms with Crippen molar-refractivity contribution in [3.05, 3.63) is 78.0 Å². The van der Waals surface area contributed by atoms with E-state index in [2.05, 4.69) is 56.7 Å². The number of benzene rings is 1. The summed E-state index contributed by atoms with van der Waals surface area (Å²) in [6.07, 6.45) is 5.67. The fourth-order valence-electron chi connectivity index (χ4n) is 3.59. The van der Waals surface area contributed by atoms with E-state index in [0.717, 1.165) is 45.0 Å². The summed E-state index contributed by atoms with van der Waals surface area (Å²) >= 11 is 0. The van der Waals surface area contributed by atoms with Crippen LogP contribution < -0.4 is 5.32 Å². The Kier molecular flexibility index (Phi) is 4.28. The smallest absolute Gasteiger partial charge is 0.215 e. The first-order valence-corrected chi connectivity index (χ1v) is 9.74. The quantitative estimate of drug-likeness (QED) is 0.454. The van der Waals surface area contributed by atoms with Crippen molar-refractivity contribution in [1.82, 2.24) is 29.5 Å². The second-order valence-electron chi connectivity index (χ2n) is 7.41. The van der Waals surface area contributed by atoms with Gasteiger partial charge in [-0.1, -0.05) is 18.2 Å². The molecule has 4 heterocycles. The molecule has 0 radical (unpaired) electrons. The van der Waals surface area contributed by atoms with Crippen molar-refractivity contribution < 1.29 is 0 Å². The average molecular weight is 395 g/mol. The third-order valence-electron chi connectivity index (χ3n) is 5.01. The number of imidazole rings is 1. The number of nitrogens with zero attached hydrogens (tertiary/aromatic N) is 5. The van der Waals surface area contributed by atoms with Crippen molar-refractivity contribution in [1.29, 1.82) is 0 Å². The van der Waals surface area contributed by atoms with Crippen LogP contribution in [0.2, 0.25) is 0 Å². The van der Waals surface area contributed by atoms with Crippen molar-refractivity contribution in [3.63, 3.8) is 0 Å². The molecular weight excluding hydrogens is 374 g/mol. The van der Waals surface area contributed by atoms with E-state index in [1.807, 2.05) is 55.0 Å². The maximum atomic E-state index is 4.89. The molecule has 0 atom stereocenters. The third-order valence-corrected chi connectivity index (χ3v) is 5.01. The van der Waals surface area contributed by atoms with Crippen LogP contribution in [-0.4, -0.2) is 29.5 Å². The molecule has 7 nitrogen and oxygen atoms in total. The molecule has 0 bridgehead atoms. The lowest BCUT2D eigenvalue weighted by atomic mass is 9.99. The topological polar surface area (TPSA) is 83.8 Å². The highest BCUT2D eigenvalue weighted by molar-refractivity contribution is 5.75. The van der Waals surface area contributed by atoms with Gasteiger partial charge in [0.2, 0.25) is 5.95 Å². The van der Waals surface area contributed by atoms with Crippen molar-refractivity contribution in [3.8, 4) is 22.4 Å². The molecule has 7 heteroatoms. The molecule has 5 aromatic rings. The van der Waals surface area contributed by atoms with E-state index in [-0.39, 0.29) is 0 Å². The van der Waals surface area contributed by atoms with Gasteiger partial charge in [-0.3, -0.25) is 14.5 Å². The molecule has 0 saturated heterocycles. The van der Waals surface area contributed by atoms with Crippen LogP contribution in [0.4, 0.5) is 11.8 Å². The minimum Gasteiger partial charge on any atom is -0.308 e. The Bertz CT molecular complexity index is 1360. The molecule has 0 unspecified atom stereocenters. The first-order valence-electron chi connectivity index (χ1n) is 9.74. The highest BCUT2D eigenvalue weighted by Gasteiger charge is 2.12. The minimum absolute atomic E-state index is 0.667. The summed E-state index contributed by atoms with van der Waals surface area (Å²) in [7, 11) is 0. The molecule has 5 rings (SSSR count). The van der Waals surface area contributed by atoms with Crippen molar-refractivity contribution >= 4 is 17.4 Å². The van der Waals surface area contributed by atoms with E-state index < -0.39 is 0 Å². The predicted molar refractivity (Wildman–Crippen MR) is 118 cm³/mol. The summed E-state index contributed by atoms with van der Waals surface area (Å²) in [4.78, 5) is 13.7. The summed E-state index contributed by atoms with van der Waals surface area (Å²) in [5.74, 6) is 1.38. The van der Waals surface area contributed by atoms with Crippen molar-refractivity contribution in [2.75, 3.05) is 5.32 Å². The van der Waals surface area contributed by atoms with Crippen LogP contribution in [0.1, 0.15) is 17.0 Å². The Labute approximate surface area is 173 Å². The Balaban J connectivity index is 1.63. The molecule has 0 aliphatic carbocycles. The van der Waals surface area contributed by atoms with Gasteiger partial charge in [-0.25, -0.2) is 9.97 Å². The van der Waals surface area contributed by atoms with Gasteiger partial charge in [-0.15, -0.1) is 0 Å². The molecule has 148 valence electrons. The van der Waals surface area contributed by atoms with Crippen LogP contribution in [0, 0.1) is 20.8 Å². The fraction of sp³-hybridized carbons (Fsp3) is 0.130. The van der Waals surface area contributed by atoms with Gasteiger partial charge in [-0.05, 0) is 49.6 Å². The van der Waals surface area contributed by atoms with Gasteiger partial charge in [0.1, 0.15) is 5.65 Å². The average Bonchev–Trinajstić information content (AvgIpc) is 3.33. The Morgan fingerprint density at radius 1 is 0.967 bits per heavy atom. The second-order valence-corrected chi connectivity index (χ2v) is 7.41. The van der Waals surface area contributed by atoms with E-state index in [4.69, 9.17) is 4.98 Å². The van der Waals surface area contributed by atoms with Gasteiger partial charge in [0, 0.05) is 42.0 Å². The largest absolute Gasteiger partial charge is 0.308 e. The van der Waals surface area contributed by atoms with Crippen LogP contribution in [0.5, 0.6) is 0 Å². The zero-order valence-electron chi connectivity index (χ0n) is 17.0. The molecule has 0 aliphatic rings. The van der Waals surface area contributed by atoms with Gasteiger partial charge in [-0.2, -0.15) is 5.10 Å². The number of rotatable bonds is 4. The molecule has 30 heavy (non-hydrogen) atoms. The predicted octanol–water partition coefficient (Wildman–Crippen LogP) is 4.85. The van der Waals surface area contributed by atoms with Crippen molar-refractivity contribution in [2.24, 2.45) is 0 Å². The van der Waals surface area contributed by atoms with E-state index in [1.54, 1.807) is 0 Å². The summed E-state index contributed by atoms with van der Waals surface area (Å²) < 4.78 is 1.94. The van der Waals surface area contributed by atoms with Gasteiger partial charge < -0.3 is 5.32 Å². The third kappa shape index (κ3) is 3.30. The molecule has 0 saturated carbocycles. The Hall–Kier alpha value is -4.00. The van der Waals surface area contributed by atoms with Gasteiger partial charge in [0.05, 0.1) is 11.4 Å². The normalized spacial score (nSPS) is 11.2. The number of hydrogen-bond acceptors (Lipinski definition) is 5. The van der Waals surface area contributed by atoms with E-state index >= 15 is 0 Å². The molecule has 0 amide bonds. The number of nitrogens with one attached hydrogen (secondary N) is 2. The maximum absolute atomic E-state index is 4.89. The standard InChI is InChI=1S/C23H21N7/c1-14-12-24-8-7-19(14)17-5-4-6-18(10-17)20-11-22-25-16(3)13-30(22)23(26-20)27-21-9-15(2)28-29-21/h4-13H,1-3H3,(H2,26,27,28,29). The number of pyridine rings is 1. The lowest BCUT2D eigenvalue weighted by Gasteiger charge is -2.11. The Morgan fingerprint density at radius 2 is 1.83 bits per heavy atom. The molecule has 4 aromatic heterocycles. The molecular formula is C23H21N7. The molecule has 0 aliphatic heterocycles. The summed E-state index contributed by atoms with van der Waals surface area (Å²) in [6.45, 7) is 6.01. The van der Waals surface area contributed by atoms with Gasteiger partial charge >= 0.3 is 0 Å². The van der Waals surface area contributed by atoms with Crippen molar-refractivity contribution in [2.45, 2.75) is 20.8 Å². The summed E-state index contributed by atoms with van der Waals surface area (Å²) in [5, 5.41) is 10.5. The lowest BCUT2D eigenvalue weighted by Crippen LogP contribution is -2.03. The van der Waals surface area contributed by atoms with Gasteiger partial charge in [0.15, 0.2) is 5.82 Å². The summed E-state index contributed by atoms with van der Waals surface area (Å²) in [6, 6.07) is 14.4. The number of aromatic nitrogens is 6. The zero-order valence-corrected chi connectivity index (χ0v) is 17.0. The molecule has 0 fully saturated rings. The number of fused-ring (bicyclic) bond motifs is 1. The monoisotopic (exact) mass is 395 g/mol. The van der Waals surface area contributed by atoms with Crippen LogP contribution in [0.25, 0.3) is 28.0 Å². The first kappa shape index (κ1) is 18.1. The number of anilines is 2. The zero-order chi connectivity index (χ0) is 20.7. The van der Waals surface area contributed by atoms with Crippen LogP contribution in [-0.2, 0) is 0 Å². The Morgan fingerprint density at radius 3 is 2.63 bits per heavy atom. The van der Waals surface area contributed by atoms with Crippen LogP contribution in [0.3, 0.4) is 0 Å². The van der Waals surface area contributed by atoms with E-state index in [1.165, 1.54) is 0 Å². The molecule has 2 N–H and O–H groups in total. The number of hydrogen-bond donors (Lipinski definition) is 2. The first-order chi connectivity index (χ1) is 14.6.